The number of hydrogen-bond acceptors (Lipinski definition) is 2. The standard InChI is InChI=1S/C23H24N2O/c1-24-21-14-8-11-19(15-21)17-25-23(26)22(20-12-6-3-7-13-20)16-18-9-4-2-5-10-18/h2-15,22,24H,16-17H2,1H3,(H,25,26). The molecule has 0 aliphatic carbocycles. The van der Waals surface area contributed by atoms with E-state index in [0.29, 0.717) is 13.0 Å². The van der Waals surface area contributed by atoms with Crippen molar-refractivity contribution in [3.63, 3.8) is 0 Å². The lowest BCUT2D eigenvalue weighted by Gasteiger charge is -2.18. The van der Waals surface area contributed by atoms with Gasteiger partial charge in [0.15, 0.2) is 0 Å². The van der Waals surface area contributed by atoms with Gasteiger partial charge in [0.25, 0.3) is 0 Å². The molecule has 1 unspecified atom stereocenters. The predicted molar refractivity (Wildman–Crippen MR) is 107 cm³/mol. The third kappa shape index (κ3) is 4.73. The van der Waals surface area contributed by atoms with Crippen molar-refractivity contribution in [1.82, 2.24) is 5.32 Å². The highest BCUT2D eigenvalue weighted by Crippen LogP contribution is 2.21. The number of anilines is 1. The maximum atomic E-state index is 12.9. The van der Waals surface area contributed by atoms with E-state index < -0.39 is 0 Å². The van der Waals surface area contributed by atoms with Gasteiger partial charge >= 0.3 is 0 Å². The Morgan fingerprint density at radius 3 is 2.19 bits per heavy atom. The summed E-state index contributed by atoms with van der Waals surface area (Å²) in [6, 6.07) is 28.2. The summed E-state index contributed by atoms with van der Waals surface area (Å²) in [5.41, 5.74) is 4.32. The number of rotatable bonds is 7. The van der Waals surface area contributed by atoms with Gasteiger partial charge in [-0.25, -0.2) is 0 Å². The Kier molecular flexibility index (Phi) is 6.05. The highest BCUT2D eigenvalue weighted by molar-refractivity contribution is 5.84. The number of amides is 1. The lowest BCUT2D eigenvalue weighted by molar-refractivity contribution is -0.122. The molecule has 0 fully saturated rings. The van der Waals surface area contributed by atoms with Crippen LogP contribution in [0.3, 0.4) is 0 Å². The molecule has 132 valence electrons. The zero-order chi connectivity index (χ0) is 18.2. The second kappa shape index (κ2) is 8.86. The molecule has 0 aromatic heterocycles. The Labute approximate surface area is 155 Å². The third-order valence-electron chi connectivity index (χ3n) is 4.48. The van der Waals surface area contributed by atoms with Crippen molar-refractivity contribution in [2.75, 3.05) is 12.4 Å². The second-order valence-corrected chi connectivity index (χ2v) is 6.32. The van der Waals surface area contributed by atoms with Crippen LogP contribution in [0.4, 0.5) is 5.69 Å². The van der Waals surface area contributed by atoms with Crippen LogP contribution in [0, 0.1) is 0 Å². The molecule has 0 aliphatic heterocycles. The summed E-state index contributed by atoms with van der Waals surface area (Å²) in [6.45, 7) is 0.520. The van der Waals surface area contributed by atoms with E-state index in [-0.39, 0.29) is 11.8 Å². The zero-order valence-corrected chi connectivity index (χ0v) is 15.0. The summed E-state index contributed by atoms with van der Waals surface area (Å²) in [7, 11) is 1.89. The smallest absolute Gasteiger partial charge is 0.228 e. The Morgan fingerprint density at radius 1 is 0.846 bits per heavy atom. The van der Waals surface area contributed by atoms with Crippen LogP contribution in [0.5, 0.6) is 0 Å². The molecule has 3 aromatic carbocycles. The molecule has 3 nitrogen and oxygen atoms in total. The minimum Gasteiger partial charge on any atom is -0.388 e. The number of hydrogen-bond donors (Lipinski definition) is 2. The molecule has 0 bridgehead atoms. The average Bonchev–Trinajstić information content (AvgIpc) is 2.72. The van der Waals surface area contributed by atoms with Gasteiger partial charge in [-0.15, -0.1) is 0 Å². The highest BCUT2D eigenvalue weighted by atomic mass is 16.1. The molecule has 0 spiro atoms. The zero-order valence-electron chi connectivity index (χ0n) is 15.0. The summed E-state index contributed by atoms with van der Waals surface area (Å²) in [5, 5.41) is 6.23. The monoisotopic (exact) mass is 344 g/mol. The maximum absolute atomic E-state index is 12.9. The van der Waals surface area contributed by atoms with Gasteiger partial charge in [-0.2, -0.15) is 0 Å². The summed E-state index contributed by atoms with van der Waals surface area (Å²) in [6.07, 6.45) is 0.688. The van der Waals surface area contributed by atoms with Gasteiger partial charge in [-0.1, -0.05) is 72.8 Å². The largest absolute Gasteiger partial charge is 0.388 e. The van der Waals surface area contributed by atoms with Crippen LogP contribution in [-0.2, 0) is 17.8 Å². The lowest BCUT2D eigenvalue weighted by Crippen LogP contribution is -2.30. The van der Waals surface area contributed by atoms with Gasteiger partial charge in [0, 0.05) is 19.3 Å². The molecule has 0 saturated heterocycles. The quantitative estimate of drug-likeness (QED) is 0.668. The van der Waals surface area contributed by atoms with Crippen molar-refractivity contribution in [2.45, 2.75) is 18.9 Å². The molecule has 0 radical (unpaired) electrons. The fourth-order valence-electron chi connectivity index (χ4n) is 3.05. The van der Waals surface area contributed by atoms with E-state index in [1.54, 1.807) is 0 Å². The predicted octanol–water partition coefficient (Wildman–Crippen LogP) is 4.37. The van der Waals surface area contributed by atoms with Crippen LogP contribution >= 0.6 is 0 Å². The van der Waals surface area contributed by atoms with Gasteiger partial charge in [0.1, 0.15) is 0 Å². The molecule has 3 aromatic rings. The fraction of sp³-hybridized carbons (Fsp3) is 0.174. The molecular weight excluding hydrogens is 320 g/mol. The van der Waals surface area contributed by atoms with E-state index in [1.165, 1.54) is 0 Å². The Morgan fingerprint density at radius 2 is 1.50 bits per heavy atom. The SMILES string of the molecule is CNc1cccc(CNC(=O)C(Cc2ccccc2)c2ccccc2)c1. The molecule has 0 heterocycles. The second-order valence-electron chi connectivity index (χ2n) is 6.32. The average molecular weight is 344 g/mol. The van der Waals surface area contributed by atoms with Crippen molar-refractivity contribution in [3.8, 4) is 0 Å². The van der Waals surface area contributed by atoms with E-state index in [9.17, 15) is 4.79 Å². The Bertz CT molecular complexity index is 831. The number of nitrogens with one attached hydrogen (secondary N) is 2. The van der Waals surface area contributed by atoms with Crippen molar-refractivity contribution in [2.24, 2.45) is 0 Å². The minimum absolute atomic E-state index is 0.0508. The van der Waals surface area contributed by atoms with E-state index in [0.717, 1.165) is 22.4 Å². The van der Waals surface area contributed by atoms with Crippen molar-refractivity contribution in [3.05, 3.63) is 102 Å². The molecule has 26 heavy (non-hydrogen) atoms. The van der Waals surface area contributed by atoms with Crippen LogP contribution in [0.25, 0.3) is 0 Å². The van der Waals surface area contributed by atoms with Crippen LogP contribution < -0.4 is 10.6 Å². The Hall–Kier alpha value is -3.07. The first-order chi connectivity index (χ1) is 12.8. The van der Waals surface area contributed by atoms with E-state index in [4.69, 9.17) is 0 Å². The summed E-state index contributed by atoms with van der Waals surface area (Å²) < 4.78 is 0. The van der Waals surface area contributed by atoms with Crippen molar-refractivity contribution < 1.29 is 4.79 Å². The van der Waals surface area contributed by atoms with Crippen LogP contribution in [0.15, 0.2) is 84.9 Å². The highest BCUT2D eigenvalue weighted by Gasteiger charge is 2.20. The first-order valence-corrected chi connectivity index (χ1v) is 8.89. The molecule has 1 atom stereocenters. The fourth-order valence-corrected chi connectivity index (χ4v) is 3.05. The molecule has 3 heteroatoms. The molecular formula is C23H24N2O. The molecule has 0 saturated carbocycles. The van der Waals surface area contributed by atoms with Gasteiger partial charge in [0.2, 0.25) is 5.91 Å². The van der Waals surface area contributed by atoms with E-state index in [1.807, 2.05) is 73.8 Å². The van der Waals surface area contributed by atoms with Gasteiger partial charge in [0.05, 0.1) is 5.92 Å². The van der Waals surface area contributed by atoms with E-state index >= 15 is 0 Å². The number of carbonyl (C=O) groups excluding carboxylic acids is 1. The molecule has 1 amide bonds. The lowest BCUT2D eigenvalue weighted by atomic mass is 9.91. The van der Waals surface area contributed by atoms with Gasteiger partial charge < -0.3 is 10.6 Å². The topological polar surface area (TPSA) is 41.1 Å². The summed E-state index contributed by atoms with van der Waals surface area (Å²) in [4.78, 5) is 12.9. The van der Waals surface area contributed by atoms with Gasteiger partial charge in [-0.05, 0) is 35.2 Å². The van der Waals surface area contributed by atoms with Crippen LogP contribution in [-0.4, -0.2) is 13.0 Å². The minimum atomic E-state index is -0.203. The summed E-state index contributed by atoms with van der Waals surface area (Å²) in [5.74, 6) is -0.152. The summed E-state index contributed by atoms with van der Waals surface area (Å²) >= 11 is 0. The van der Waals surface area contributed by atoms with Gasteiger partial charge in [-0.3, -0.25) is 4.79 Å². The number of carbonyl (C=O) groups is 1. The normalized spacial score (nSPS) is 11.6. The van der Waals surface area contributed by atoms with Crippen LogP contribution in [0.1, 0.15) is 22.6 Å². The number of benzene rings is 3. The maximum Gasteiger partial charge on any atom is 0.228 e. The van der Waals surface area contributed by atoms with Crippen molar-refractivity contribution >= 4 is 11.6 Å². The van der Waals surface area contributed by atoms with Crippen LogP contribution in [0.2, 0.25) is 0 Å². The first-order valence-electron chi connectivity index (χ1n) is 8.89. The Balaban J connectivity index is 1.74. The first kappa shape index (κ1) is 17.7. The molecule has 3 rings (SSSR count). The van der Waals surface area contributed by atoms with E-state index in [2.05, 4.69) is 28.8 Å². The molecule has 0 aliphatic rings. The van der Waals surface area contributed by atoms with Crippen molar-refractivity contribution in [1.29, 1.82) is 0 Å². The molecule has 2 N–H and O–H groups in total. The third-order valence-corrected chi connectivity index (χ3v) is 4.48.